The molecule has 1 nitrogen and oxygen atoms in total. The van der Waals surface area contributed by atoms with Crippen molar-refractivity contribution in [1.29, 1.82) is 0 Å². The molecule has 0 saturated carbocycles. The summed E-state index contributed by atoms with van der Waals surface area (Å²) in [5, 5.41) is 0. The predicted octanol–water partition coefficient (Wildman–Crippen LogP) is 0.868. The van der Waals surface area contributed by atoms with Gasteiger partial charge in [0.25, 0.3) is 0 Å². The Morgan fingerprint density at radius 1 is 1.57 bits per heavy atom. The molecule has 0 aromatic rings. The third-order valence-corrected chi connectivity index (χ3v) is 3.88. The number of rotatable bonds is 0. The molecule has 0 aromatic carbocycles. The maximum atomic E-state index is 2.47. The monoisotopic (exact) mass is 119 g/mol. The fourth-order valence-corrected chi connectivity index (χ4v) is 2.29. The highest BCUT2D eigenvalue weighted by atomic mass is 32.2. The minimum Gasteiger partial charge on any atom is -0.273 e. The van der Waals surface area contributed by atoms with Crippen LogP contribution in [-0.4, -0.2) is 29.9 Å². The van der Waals surface area contributed by atoms with Gasteiger partial charge in [0.1, 0.15) is 0 Å². The van der Waals surface area contributed by atoms with Crippen molar-refractivity contribution in [2.75, 3.05) is 25.6 Å². The maximum Gasteiger partial charge on any atom is 0.00761 e. The summed E-state index contributed by atoms with van der Waals surface area (Å²) in [5.74, 6) is 1.46. The number of hydrogen-bond donors (Lipinski definition) is 1. The van der Waals surface area contributed by atoms with Crippen LogP contribution in [0.1, 0.15) is 6.42 Å². The molecule has 1 saturated heterocycles. The van der Waals surface area contributed by atoms with Crippen LogP contribution in [0.4, 0.5) is 0 Å². The van der Waals surface area contributed by atoms with Crippen LogP contribution in [0.5, 0.6) is 0 Å². The Kier molecular flexibility index (Phi) is 1.60. The molecule has 0 bridgehead atoms. The average molecular weight is 119 g/mol. The van der Waals surface area contributed by atoms with Gasteiger partial charge in [-0.05, 0) is 25.5 Å². The Balaban J connectivity index is 2.33. The average Bonchev–Trinajstić information content (AvgIpc) is 1.91. The van der Waals surface area contributed by atoms with Gasteiger partial charge in [0, 0.05) is 6.54 Å². The van der Waals surface area contributed by atoms with Crippen molar-refractivity contribution in [3.05, 3.63) is 0 Å². The van der Waals surface area contributed by atoms with Crippen molar-refractivity contribution >= 4 is 11.1 Å². The van der Waals surface area contributed by atoms with Crippen LogP contribution in [0.2, 0.25) is 0 Å². The molecule has 1 heterocycles. The summed E-state index contributed by atoms with van der Waals surface area (Å²) in [6, 6.07) is 0. The van der Waals surface area contributed by atoms with Crippen molar-refractivity contribution in [2.24, 2.45) is 0 Å². The molecular formula is C5H13NS. The summed E-state index contributed by atoms with van der Waals surface area (Å²) < 4.78 is 2.47. The van der Waals surface area contributed by atoms with Gasteiger partial charge in [0.05, 0.1) is 0 Å². The van der Waals surface area contributed by atoms with Crippen LogP contribution in [0.15, 0.2) is 0 Å². The van der Waals surface area contributed by atoms with E-state index in [1.54, 1.807) is 0 Å². The normalized spacial score (nSPS) is 39.4. The summed E-state index contributed by atoms with van der Waals surface area (Å²) in [4.78, 5) is 0. The SMILES string of the molecule is CN1CCC[SH]1C. The third-order valence-electron chi connectivity index (χ3n) is 1.55. The van der Waals surface area contributed by atoms with Gasteiger partial charge in [0.15, 0.2) is 0 Å². The third kappa shape index (κ3) is 1.10. The zero-order valence-corrected chi connectivity index (χ0v) is 5.91. The number of hydrogen-bond acceptors (Lipinski definition) is 1. The smallest absolute Gasteiger partial charge is 0.00761 e. The summed E-state index contributed by atoms with van der Waals surface area (Å²) in [5.41, 5.74) is 0. The van der Waals surface area contributed by atoms with Crippen LogP contribution in [0, 0.1) is 0 Å². The Labute approximate surface area is 48.2 Å². The fraction of sp³-hybridized carbons (Fsp3) is 1.00. The van der Waals surface area contributed by atoms with E-state index in [1.807, 2.05) is 0 Å². The number of thiol groups is 1. The van der Waals surface area contributed by atoms with Gasteiger partial charge in [-0.3, -0.25) is 4.31 Å². The second-order valence-electron chi connectivity index (χ2n) is 2.12. The summed E-state index contributed by atoms with van der Waals surface area (Å²) >= 11 is 0.307. The lowest BCUT2D eigenvalue weighted by molar-refractivity contribution is 0.592. The molecule has 0 aliphatic carbocycles. The lowest BCUT2D eigenvalue weighted by Gasteiger charge is -2.16. The first-order valence-electron chi connectivity index (χ1n) is 2.73. The van der Waals surface area contributed by atoms with E-state index in [2.05, 4.69) is 17.6 Å². The van der Waals surface area contributed by atoms with Gasteiger partial charge in [-0.1, -0.05) is 0 Å². The van der Waals surface area contributed by atoms with Gasteiger partial charge in [-0.2, -0.15) is 0 Å². The maximum absolute atomic E-state index is 2.47. The lowest BCUT2D eigenvalue weighted by Crippen LogP contribution is -2.06. The topological polar surface area (TPSA) is 3.24 Å². The second kappa shape index (κ2) is 2.05. The Morgan fingerprint density at radius 2 is 2.29 bits per heavy atom. The molecule has 2 heteroatoms. The van der Waals surface area contributed by atoms with E-state index >= 15 is 0 Å². The van der Waals surface area contributed by atoms with Crippen LogP contribution in [0.3, 0.4) is 0 Å². The van der Waals surface area contributed by atoms with Crippen LogP contribution >= 0.6 is 11.1 Å². The largest absolute Gasteiger partial charge is 0.273 e. The first-order valence-corrected chi connectivity index (χ1v) is 4.65. The van der Waals surface area contributed by atoms with Gasteiger partial charge in [0.2, 0.25) is 0 Å². The van der Waals surface area contributed by atoms with Crippen LogP contribution in [0.25, 0.3) is 0 Å². The van der Waals surface area contributed by atoms with Crippen molar-refractivity contribution in [2.45, 2.75) is 6.42 Å². The van der Waals surface area contributed by atoms with Crippen molar-refractivity contribution in [1.82, 2.24) is 4.31 Å². The van der Waals surface area contributed by atoms with Gasteiger partial charge in [-0.15, -0.1) is 0 Å². The zero-order valence-electron chi connectivity index (χ0n) is 5.02. The minimum atomic E-state index is 0.307. The van der Waals surface area contributed by atoms with E-state index < -0.39 is 0 Å². The molecule has 1 aliphatic rings. The Bertz CT molecular complexity index is 57.1. The second-order valence-corrected chi connectivity index (χ2v) is 4.56. The quantitative estimate of drug-likeness (QED) is 0.463. The molecule has 0 aromatic heterocycles. The molecule has 1 unspecified atom stereocenters. The molecule has 1 atom stereocenters. The summed E-state index contributed by atoms with van der Waals surface area (Å²) in [6.45, 7) is 1.34. The number of nitrogens with zero attached hydrogens (tertiary/aromatic N) is 1. The first-order chi connectivity index (χ1) is 3.30. The van der Waals surface area contributed by atoms with Crippen LogP contribution in [-0.2, 0) is 0 Å². The molecular weight excluding hydrogens is 106 g/mol. The van der Waals surface area contributed by atoms with Crippen molar-refractivity contribution in [3.8, 4) is 0 Å². The fourth-order valence-electron chi connectivity index (χ4n) is 0.870. The summed E-state index contributed by atoms with van der Waals surface area (Å²) in [7, 11) is 2.22. The van der Waals surface area contributed by atoms with E-state index in [4.69, 9.17) is 0 Å². The molecule has 1 rings (SSSR count). The van der Waals surface area contributed by atoms with E-state index in [-0.39, 0.29) is 0 Å². The molecule has 7 heavy (non-hydrogen) atoms. The molecule has 0 amide bonds. The van der Waals surface area contributed by atoms with E-state index in [0.717, 1.165) is 0 Å². The van der Waals surface area contributed by atoms with Gasteiger partial charge in [-0.25, -0.2) is 11.1 Å². The van der Waals surface area contributed by atoms with E-state index in [0.29, 0.717) is 11.1 Å². The van der Waals surface area contributed by atoms with Gasteiger partial charge >= 0.3 is 0 Å². The standard InChI is InChI=1S/C5H13NS/c1-6-4-3-5-7(6)2/h7H,3-5H2,1-2H3. The highest BCUT2D eigenvalue weighted by Gasteiger charge is 2.10. The molecule has 0 N–H and O–H groups in total. The highest BCUT2D eigenvalue weighted by Crippen LogP contribution is 2.30. The molecule has 0 spiro atoms. The zero-order chi connectivity index (χ0) is 5.28. The van der Waals surface area contributed by atoms with Gasteiger partial charge < -0.3 is 0 Å². The van der Waals surface area contributed by atoms with Crippen molar-refractivity contribution in [3.63, 3.8) is 0 Å². The molecule has 1 aliphatic heterocycles. The van der Waals surface area contributed by atoms with Crippen molar-refractivity contribution < 1.29 is 0 Å². The predicted molar refractivity (Wildman–Crippen MR) is 37.0 cm³/mol. The Morgan fingerprint density at radius 3 is 2.43 bits per heavy atom. The molecule has 44 valence electrons. The summed E-state index contributed by atoms with van der Waals surface area (Å²) in [6.07, 6.45) is 3.78. The first kappa shape index (κ1) is 5.45. The van der Waals surface area contributed by atoms with E-state index in [1.165, 1.54) is 18.7 Å². The Hall–Kier alpha value is 0.310. The highest BCUT2D eigenvalue weighted by molar-refractivity contribution is 8.14. The molecule has 1 fully saturated rings. The van der Waals surface area contributed by atoms with Crippen LogP contribution < -0.4 is 0 Å². The lowest BCUT2D eigenvalue weighted by atomic mass is 10.5. The molecule has 0 radical (unpaired) electrons. The minimum absolute atomic E-state index is 0.307. The van der Waals surface area contributed by atoms with E-state index in [9.17, 15) is 0 Å².